The number of urea groups is 1. The minimum absolute atomic E-state index is 0.170. The zero-order valence-electron chi connectivity index (χ0n) is 14.4. The van der Waals surface area contributed by atoms with E-state index in [0.29, 0.717) is 13.2 Å². The SMILES string of the molecule is CN(CCCOc1ccccc1)CC(=O)NC(=O)NC(C)(C)C. The molecule has 23 heavy (non-hydrogen) atoms. The molecule has 6 nitrogen and oxygen atoms in total. The van der Waals surface area contributed by atoms with Gasteiger partial charge in [-0.2, -0.15) is 0 Å². The molecule has 0 saturated carbocycles. The van der Waals surface area contributed by atoms with Crippen molar-refractivity contribution in [2.75, 3.05) is 26.7 Å². The third-order valence-corrected chi connectivity index (χ3v) is 2.85. The van der Waals surface area contributed by atoms with E-state index in [-0.39, 0.29) is 18.0 Å². The highest BCUT2D eigenvalue weighted by atomic mass is 16.5. The second-order valence-electron chi connectivity index (χ2n) is 6.51. The Balaban J connectivity index is 2.16. The molecule has 1 aromatic carbocycles. The summed E-state index contributed by atoms with van der Waals surface area (Å²) in [4.78, 5) is 25.2. The molecule has 0 aliphatic carbocycles. The smallest absolute Gasteiger partial charge is 0.321 e. The number of likely N-dealkylation sites (N-methyl/N-ethyl adjacent to an activating group) is 1. The molecule has 0 fully saturated rings. The van der Waals surface area contributed by atoms with Gasteiger partial charge in [0.25, 0.3) is 0 Å². The molecule has 3 amide bonds. The van der Waals surface area contributed by atoms with E-state index in [9.17, 15) is 9.59 Å². The largest absolute Gasteiger partial charge is 0.494 e. The number of nitrogens with one attached hydrogen (secondary N) is 2. The van der Waals surface area contributed by atoms with Crippen LogP contribution >= 0.6 is 0 Å². The summed E-state index contributed by atoms with van der Waals surface area (Å²) >= 11 is 0. The van der Waals surface area contributed by atoms with E-state index in [1.165, 1.54) is 0 Å². The fourth-order valence-corrected chi connectivity index (χ4v) is 1.90. The predicted octanol–water partition coefficient (Wildman–Crippen LogP) is 2.01. The zero-order valence-corrected chi connectivity index (χ0v) is 14.4. The summed E-state index contributed by atoms with van der Waals surface area (Å²) in [6.07, 6.45) is 0.798. The van der Waals surface area contributed by atoms with Crippen LogP contribution in [0, 0.1) is 0 Å². The first-order valence-corrected chi connectivity index (χ1v) is 7.74. The van der Waals surface area contributed by atoms with E-state index in [4.69, 9.17) is 4.74 Å². The Morgan fingerprint density at radius 3 is 2.43 bits per heavy atom. The number of hydrogen-bond acceptors (Lipinski definition) is 4. The summed E-state index contributed by atoms with van der Waals surface area (Å²) in [6, 6.07) is 9.14. The molecule has 0 aromatic heterocycles. The van der Waals surface area contributed by atoms with E-state index >= 15 is 0 Å². The maximum atomic E-state index is 11.8. The molecule has 128 valence electrons. The van der Waals surface area contributed by atoms with Crippen molar-refractivity contribution in [2.45, 2.75) is 32.7 Å². The standard InChI is InChI=1S/C17H27N3O3/c1-17(2,3)19-16(22)18-15(21)13-20(4)11-8-12-23-14-9-6-5-7-10-14/h5-7,9-10H,8,11-13H2,1-4H3,(H2,18,19,21,22). The van der Waals surface area contributed by atoms with Crippen molar-refractivity contribution >= 4 is 11.9 Å². The van der Waals surface area contributed by atoms with Crippen LogP contribution in [0.1, 0.15) is 27.2 Å². The van der Waals surface area contributed by atoms with E-state index in [0.717, 1.165) is 12.2 Å². The van der Waals surface area contributed by atoms with Crippen LogP contribution in [0.3, 0.4) is 0 Å². The number of rotatable bonds is 7. The molecule has 0 spiro atoms. The summed E-state index contributed by atoms with van der Waals surface area (Å²) in [6.45, 7) is 7.03. The molecule has 0 unspecified atom stereocenters. The van der Waals surface area contributed by atoms with Gasteiger partial charge < -0.3 is 10.1 Å². The van der Waals surface area contributed by atoms with Crippen molar-refractivity contribution in [3.05, 3.63) is 30.3 Å². The van der Waals surface area contributed by atoms with Gasteiger partial charge in [-0.05, 0) is 46.4 Å². The molecular weight excluding hydrogens is 294 g/mol. The molecule has 6 heteroatoms. The van der Waals surface area contributed by atoms with Crippen molar-refractivity contribution in [3.8, 4) is 5.75 Å². The van der Waals surface area contributed by atoms with Gasteiger partial charge in [-0.3, -0.25) is 15.0 Å². The summed E-state index contributed by atoms with van der Waals surface area (Å²) < 4.78 is 5.59. The van der Waals surface area contributed by atoms with Crippen LogP contribution in [0.25, 0.3) is 0 Å². The van der Waals surface area contributed by atoms with Gasteiger partial charge in [-0.1, -0.05) is 18.2 Å². The van der Waals surface area contributed by atoms with Gasteiger partial charge in [0, 0.05) is 12.1 Å². The molecule has 1 rings (SSSR count). The quantitative estimate of drug-likeness (QED) is 0.754. The van der Waals surface area contributed by atoms with E-state index in [1.807, 2.05) is 63.1 Å². The molecule has 0 heterocycles. The Hall–Kier alpha value is -2.08. The second kappa shape index (κ2) is 9.15. The highest BCUT2D eigenvalue weighted by molar-refractivity contribution is 5.95. The normalized spacial score (nSPS) is 11.2. The van der Waals surface area contributed by atoms with Crippen LogP contribution < -0.4 is 15.4 Å². The Morgan fingerprint density at radius 2 is 1.83 bits per heavy atom. The number of hydrogen-bond donors (Lipinski definition) is 2. The number of benzene rings is 1. The van der Waals surface area contributed by atoms with Crippen LogP contribution in [0.5, 0.6) is 5.75 Å². The maximum Gasteiger partial charge on any atom is 0.321 e. The lowest BCUT2D eigenvalue weighted by molar-refractivity contribution is -0.120. The fourth-order valence-electron chi connectivity index (χ4n) is 1.90. The third kappa shape index (κ3) is 9.52. The minimum atomic E-state index is -0.469. The number of amides is 3. The van der Waals surface area contributed by atoms with Crippen LogP contribution in [0.15, 0.2) is 30.3 Å². The first kappa shape index (κ1) is 19.0. The van der Waals surface area contributed by atoms with Gasteiger partial charge in [0.2, 0.25) is 5.91 Å². The number of nitrogens with zero attached hydrogens (tertiary/aromatic N) is 1. The average Bonchev–Trinajstić information content (AvgIpc) is 2.42. The molecule has 0 aliphatic rings. The second-order valence-corrected chi connectivity index (χ2v) is 6.51. The van der Waals surface area contributed by atoms with Gasteiger partial charge in [0.1, 0.15) is 5.75 Å². The average molecular weight is 321 g/mol. The number of carbonyl (C=O) groups is 2. The Labute approximate surface area is 138 Å². The maximum absolute atomic E-state index is 11.8. The van der Waals surface area contributed by atoms with Gasteiger partial charge >= 0.3 is 6.03 Å². The first-order valence-electron chi connectivity index (χ1n) is 7.74. The van der Waals surface area contributed by atoms with E-state index in [2.05, 4.69) is 10.6 Å². The highest BCUT2D eigenvalue weighted by Gasteiger charge is 2.16. The molecule has 0 saturated heterocycles. The summed E-state index contributed by atoms with van der Waals surface area (Å²) in [7, 11) is 1.84. The topological polar surface area (TPSA) is 70.7 Å². The lowest BCUT2D eigenvalue weighted by Gasteiger charge is -2.21. The lowest BCUT2D eigenvalue weighted by Crippen LogP contribution is -2.50. The molecule has 0 bridgehead atoms. The van der Waals surface area contributed by atoms with E-state index in [1.54, 1.807) is 0 Å². The van der Waals surface area contributed by atoms with Crippen LogP contribution in [0.4, 0.5) is 4.79 Å². The van der Waals surface area contributed by atoms with Crippen LogP contribution in [-0.4, -0.2) is 49.1 Å². The number of carbonyl (C=O) groups excluding carboxylic acids is 2. The van der Waals surface area contributed by atoms with Gasteiger partial charge in [0.15, 0.2) is 0 Å². The third-order valence-electron chi connectivity index (χ3n) is 2.85. The molecule has 0 aliphatic heterocycles. The molecule has 2 N–H and O–H groups in total. The lowest BCUT2D eigenvalue weighted by atomic mass is 10.1. The van der Waals surface area contributed by atoms with Gasteiger partial charge in [-0.25, -0.2) is 4.79 Å². The predicted molar refractivity (Wildman–Crippen MR) is 90.5 cm³/mol. The minimum Gasteiger partial charge on any atom is -0.494 e. The summed E-state index contributed by atoms with van der Waals surface area (Å²) in [5, 5.41) is 5.01. The van der Waals surface area contributed by atoms with Crippen molar-refractivity contribution < 1.29 is 14.3 Å². The van der Waals surface area contributed by atoms with Crippen molar-refractivity contribution in [2.24, 2.45) is 0 Å². The fraction of sp³-hybridized carbons (Fsp3) is 0.529. The summed E-state index contributed by atoms with van der Waals surface area (Å²) in [5.74, 6) is 0.518. The first-order chi connectivity index (χ1) is 10.8. The highest BCUT2D eigenvalue weighted by Crippen LogP contribution is 2.08. The Bertz CT molecular complexity index is 498. The van der Waals surface area contributed by atoms with Gasteiger partial charge in [0.05, 0.1) is 13.2 Å². The van der Waals surface area contributed by atoms with Gasteiger partial charge in [-0.15, -0.1) is 0 Å². The molecule has 0 atom stereocenters. The van der Waals surface area contributed by atoms with E-state index < -0.39 is 6.03 Å². The Kier molecular flexibility index (Phi) is 7.54. The van der Waals surface area contributed by atoms with Crippen LogP contribution in [-0.2, 0) is 4.79 Å². The monoisotopic (exact) mass is 321 g/mol. The molecule has 0 radical (unpaired) electrons. The summed E-state index contributed by atoms with van der Waals surface area (Å²) in [5.41, 5.74) is -0.370. The molecular formula is C17H27N3O3. The number of para-hydroxylation sites is 1. The van der Waals surface area contributed by atoms with Crippen molar-refractivity contribution in [3.63, 3.8) is 0 Å². The van der Waals surface area contributed by atoms with Crippen molar-refractivity contribution in [1.82, 2.24) is 15.5 Å². The Morgan fingerprint density at radius 1 is 1.17 bits per heavy atom. The van der Waals surface area contributed by atoms with Crippen LogP contribution in [0.2, 0.25) is 0 Å². The zero-order chi connectivity index (χ0) is 17.3. The number of imide groups is 1. The number of ether oxygens (including phenoxy) is 1. The molecule has 1 aromatic rings. The van der Waals surface area contributed by atoms with Crippen molar-refractivity contribution in [1.29, 1.82) is 0 Å².